The maximum absolute atomic E-state index is 13.0. The molecular weight excluding hydrogens is 326 g/mol. The van der Waals surface area contributed by atoms with Crippen LogP contribution in [-0.4, -0.2) is 11.0 Å². The van der Waals surface area contributed by atoms with Gasteiger partial charge in [0.05, 0.1) is 10.6 Å². The second-order valence-corrected chi connectivity index (χ2v) is 6.81. The van der Waals surface area contributed by atoms with Gasteiger partial charge in [0, 0.05) is 16.5 Å². The fourth-order valence-electron chi connectivity index (χ4n) is 1.19. The quantitative estimate of drug-likeness (QED) is 0.344. The van der Waals surface area contributed by atoms with Crippen LogP contribution in [0.5, 0.6) is 0 Å². The molecule has 7 heteroatoms. The Morgan fingerprint density at radius 3 is 2.10 bits per heavy atom. The molecule has 0 fully saturated rings. The van der Waals surface area contributed by atoms with Crippen LogP contribution >= 0.6 is 23.5 Å². The Hall–Kier alpha value is -0.750. The number of rotatable bonds is 2. The topological polar surface area (TPSA) is 12.4 Å². The second-order valence-electron chi connectivity index (χ2n) is 4.78. The highest BCUT2D eigenvalue weighted by molar-refractivity contribution is 7.99. The zero-order valence-electron chi connectivity index (χ0n) is 12.5. The summed E-state index contributed by atoms with van der Waals surface area (Å²) in [7, 11) is 0. The van der Waals surface area contributed by atoms with Crippen LogP contribution in [0.1, 0.15) is 45.7 Å². The molecule has 0 radical (unpaired) electrons. The average Bonchev–Trinajstić information content (AvgIpc) is 2.31. The van der Waals surface area contributed by atoms with Gasteiger partial charge in [-0.05, 0) is 44.9 Å². The highest BCUT2D eigenvalue weighted by Crippen LogP contribution is 2.35. The van der Waals surface area contributed by atoms with Gasteiger partial charge in [-0.25, -0.2) is 8.79 Å². The van der Waals surface area contributed by atoms with Gasteiger partial charge in [-0.1, -0.05) is 25.4 Å². The highest BCUT2D eigenvalue weighted by Gasteiger charge is 2.34. The van der Waals surface area contributed by atoms with Gasteiger partial charge in [0.2, 0.25) is 0 Å². The summed E-state index contributed by atoms with van der Waals surface area (Å²) in [6, 6.07) is 1.24. The molecule has 0 spiro atoms. The molecule has 120 valence electrons. The molecule has 0 aliphatic heterocycles. The van der Waals surface area contributed by atoms with Crippen LogP contribution in [0.15, 0.2) is 16.5 Å². The first-order valence-electron chi connectivity index (χ1n) is 6.28. The molecule has 0 saturated heterocycles. The van der Waals surface area contributed by atoms with Crippen LogP contribution in [-0.2, 0) is 6.18 Å². The number of nitrogens with zero attached hydrogens (tertiary/aromatic N) is 1. The molecule has 0 atom stereocenters. The zero-order chi connectivity index (χ0) is 16.8. The Kier molecular flexibility index (Phi) is 7.75. The molecule has 0 N–H and O–H groups in total. The first kappa shape index (κ1) is 20.2. The molecule has 1 aromatic carbocycles. The smallest absolute Gasteiger partial charge is 0.223 e. The first-order chi connectivity index (χ1) is 9.50. The fourth-order valence-corrected chi connectivity index (χ4v) is 1.92. The van der Waals surface area contributed by atoms with E-state index in [1.54, 1.807) is 0 Å². The Labute approximate surface area is 131 Å². The van der Waals surface area contributed by atoms with Crippen molar-refractivity contribution in [3.8, 4) is 0 Å². The molecule has 0 unspecified atom stereocenters. The minimum absolute atomic E-state index is 0.235. The summed E-state index contributed by atoms with van der Waals surface area (Å²) < 4.78 is 55.0. The molecule has 0 amide bonds. The second kappa shape index (κ2) is 8.03. The van der Waals surface area contributed by atoms with E-state index in [1.165, 1.54) is 0 Å². The lowest BCUT2D eigenvalue weighted by atomic mass is 10.1. The predicted molar refractivity (Wildman–Crippen MR) is 82.7 cm³/mol. The van der Waals surface area contributed by atoms with Crippen molar-refractivity contribution in [1.29, 1.82) is 0 Å². The lowest BCUT2D eigenvalue weighted by molar-refractivity contribution is -0.137. The summed E-state index contributed by atoms with van der Waals surface area (Å²) in [5, 5.41) is -0.314. The van der Waals surface area contributed by atoms with Crippen molar-refractivity contribution < 1.29 is 17.6 Å². The molecule has 0 saturated carbocycles. The molecule has 21 heavy (non-hydrogen) atoms. The zero-order valence-corrected chi connectivity index (χ0v) is 14.0. The van der Waals surface area contributed by atoms with E-state index in [-0.39, 0.29) is 15.3 Å². The molecule has 0 bridgehead atoms. The van der Waals surface area contributed by atoms with Crippen molar-refractivity contribution in [3.63, 3.8) is 0 Å². The Morgan fingerprint density at radius 2 is 1.67 bits per heavy atom. The van der Waals surface area contributed by atoms with E-state index < -0.39 is 17.6 Å². The van der Waals surface area contributed by atoms with Crippen molar-refractivity contribution in [2.24, 2.45) is 4.40 Å². The number of hydrogen-bond acceptors (Lipinski definition) is 2. The van der Waals surface area contributed by atoms with Crippen LogP contribution < -0.4 is 0 Å². The Morgan fingerprint density at radius 1 is 1.14 bits per heavy atom. The summed E-state index contributed by atoms with van der Waals surface area (Å²) in [6.45, 7) is 9.60. The van der Waals surface area contributed by atoms with Crippen LogP contribution in [0.2, 0.25) is 5.02 Å². The van der Waals surface area contributed by atoms with Crippen molar-refractivity contribution in [2.75, 3.05) is 0 Å². The predicted octanol–water partition coefficient (Wildman–Crippen LogP) is 6.39. The van der Waals surface area contributed by atoms with Crippen molar-refractivity contribution in [1.82, 2.24) is 0 Å². The molecule has 0 aliphatic rings. The van der Waals surface area contributed by atoms with Crippen molar-refractivity contribution >= 4 is 29.8 Å². The Bertz CT molecular complexity index is 493. The normalized spacial score (nSPS) is 12.3. The van der Waals surface area contributed by atoms with Crippen molar-refractivity contribution in [2.45, 2.75) is 45.5 Å². The van der Waals surface area contributed by atoms with Crippen LogP contribution in [0, 0.1) is 5.82 Å². The van der Waals surface area contributed by atoms with E-state index in [0.717, 1.165) is 24.2 Å². The van der Waals surface area contributed by atoms with Gasteiger partial charge in [-0.2, -0.15) is 13.2 Å². The first-order valence-corrected chi connectivity index (χ1v) is 7.43. The number of benzene rings is 1. The van der Waals surface area contributed by atoms with E-state index >= 15 is 0 Å². The van der Waals surface area contributed by atoms with Gasteiger partial charge in [0.25, 0.3) is 0 Å². The summed E-state index contributed by atoms with van der Waals surface area (Å²) in [4.78, 5) is 0. The minimum Gasteiger partial charge on any atom is -0.223 e. The monoisotopic (exact) mass is 343 g/mol. The molecule has 1 aromatic rings. The summed E-state index contributed by atoms with van der Waals surface area (Å²) in [5.74, 6) is -1.03. The van der Waals surface area contributed by atoms with Gasteiger partial charge >= 0.3 is 6.18 Å². The largest absolute Gasteiger partial charge is 0.417 e. The molecule has 1 nitrogen and oxygen atoms in total. The van der Waals surface area contributed by atoms with Crippen LogP contribution in [0.4, 0.5) is 17.6 Å². The third-order valence-corrected chi connectivity index (χ3v) is 2.98. The molecule has 1 rings (SSSR count). The fraction of sp³-hybridized carbons (Fsp3) is 0.500. The molecule has 0 aliphatic carbocycles. The van der Waals surface area contributed by atoms with E-state index in [9.17, 15) is 17.6 Å². The average molecular weight is 344 g/mol. The SMILES string of the molecule is CC.CC(C)(C)S/N=C/c1c(Cl)cc(F)cc1C(F)(F)F. The van der Waals surface area contributed by atoms with Gasteiger partial charge < -0.3 is 0 Å². The minimum atomic E-state index is -4.68. The Balaban J connectivity index is 0.00000191. The maximum atomic E-state index is 13.0. The number of hydrogen-bond donors (Lipinski definition) is 0. The van der Waals surface area contributed by atoms with E-state index in [4.69, 9.17) is 11.6 Å². The third-order valence-electron chi connectivity index (χ3n) is 1.91. The summed E-state index contributed by atoms with van der Waals surface area (Å²) in [5.41, 5.74) is -1.46. The van der Waals surface area contributed by atoms with Gasteiger partial charge in [0.15, 0.2) is 0 Å². The van der Waals surface area contributed by atoms with Crippen molar-refractivity contribution in [3.05, 3.63) is 34.1 Å². The highest BCUT2D eigenvalue weighted by atomic mass is 35.5. The van der Waals surface area contributed by atoms with E-state index in [1.807, 2.05) is 34.6 Å². The van der Waals surface area contributed by atoms with Crippen LogP contribution in [0.3, 0.4) is 0 Å². The van der Waals surface area contributed by atoms with Gasteiger partial charge in [-0.15, -0.1) is 0 Å². The van der Waals surface area contributed by atoms with Crippen LogP contribution in [0.25, 0.3) is 0 Å². The van der Waals surface area contributed by atoms with Gasteiger partial charge in [-0.3, -0.25) is 0 Å². The van der Waals surface area contributed by atoms with E-state index in [0.29, 0.717) is 6.07 Å². The standard InChI is InChI=1S/C12H12ClF4NS.C2H6/c1-11(2,3)19-18-6-8-9(12(15,16)17)4-7(14)5-10(8)13;1-2/h4-6H,1-3H3;1-2H3/b18-6+;. The maximum Gasteiger partial charge on any atom is 0.417 e. The van der Waals surface area contributed by atoms with Gasteiger partial charge in [0.1, 0.15) is 5.82 Å². The molecular formula is C14H18ClF4NS. The third kappa shape index (κ3) is 7.18. The summed E-state index contributed by atoms with van der Waals surface area (Å²) in [6.07, 6.45) is -3.67. The summed E-state index contributed by atoms with van der Waals surface area (Å²) >= 11 is 6.76. The lowest BCUT2D eigenvalue weighted by Crippen LogP contribution is -2.10. The lowest BCUT2D eigenvalue weighted by Gasteiger charge is -2.14. The molecule has 0 heterocycles. The van der Waals surface area contributed by atoms with E-state index in [2.05, 4.69) is 4.40 Å². The number of halogens is 5. The molecule has 0 aromatic heterocycles. The number of alkyl halides is 3.